The van der Waals surface area contributed by atoms with E-state index in [1.54, 1.807) is 0 Å². The van der Waals surface area contributed by atoms with E-state index in [1.807, 2.05) is 6.07 Å². The van der Waals surface area contributed by atoms with E-state index in [9.17, 15) is 0 Å². The molecular weight excluding hydrogens is 230 g/mol. The molecule has 1 heterocycles. The molecule has 1 aliphatic carbocycles. The Balaban J connectivity index is 1.98. The van der Waals surface area contributed by atoms with Crippen molar-refractivity contribution in [2.24, 2.45) is 5.92 Å². The molecule has 2 rings (SSSR count). The molecule has 0 aromatic carbocycles. The van der Waals surface area contributed by atoms with Crippen molar-refractivity contribution in [3.8, 4) is 6.07 Å². The van der Waals surface area contributed by atoms with Crippen LogP contribution in [0, 0.1) is 17.2 Å². The van der Waals surface area contributed by atoms with E-state index in [0.717, 1.165) is 17.5 Å². The molecule has 0 unspecified atom stereocenters. The van der Waals surface area contributed by atoms with Crippen molar-refractivity contribution in [1.82, 2.24) is 0 Å². The molecule has 3 nitrogen and oxygen atoms in total. The van der Waals surface area contributed by atoms with Crippen molar-refractivity contribution in [3.63, 3.8) is 0 Å². The molecule has 0 atom stereocenters. The van der Waals surface area contributed by atoms with Crippen LogP contribution in [0.15, 0.2) is 6.07 Å². The molecule has 17 heavy (non-hydrogen) atoms. The predicted molar refractivity (Wildman–Crippen MR) is 73.3 cm³/mol. The largest absolute Gasteiger partial charge is 0.397 e. The van der Waals surface area contributed by atoms with Crippen molar-refractivity contribution in [2.45, 2.75) is 32.1 Å². The van der Waals surface area contributed by atoms with Crippen molar-refractivity contribution in [2.75, 3.05) is 24.2 Å². The second-order valence-corrected chi connectivity index (χ2v) is 5.90. The fourth-order valence-corrected chi connectivity index (χ4v) is 3.36. The van der Waals surface area contributed by atoms with E-state index in [-0.39, 0.29) is 0 Å². The van der Waals surface area contributed by atoms with Gasteiger partial charge in [0.1, 0.15) is 10.9 Å². The zero-order valence-corrected chi connectivity index (χ0v) is 11.1. The van der Waals surface area contributed by atoms with Crippen molar-refractivity contribution in [3.05, 3.63) is 10.9 Å². The maximum Gasteiger partial charge on any atom is 0.129 e. The van der Waals surface area contributed by atoms with E-state index in [0.29, 0.717) is 10.6 Å². The number of hydrogen-bond acceptors (Lipinski definition) is 4. The summed E-state index contributed by atoms with van der Waals surface area (Å²) in [6.07, 6.45) is 6.82. The zero-order chi connectivity index (χ0) is 12.3. The van der Waals surface area contributed by atoms with Crippen LogP contribution in [0.1, 0.15) is 37.0 Å². The normalized spacial score (nSPS) is 16.7. The maximum atomic E-state index is 8.90. The minimum atomic E-state index is 0.614. The van der Waals surface area contributed by atoms with Gasteiger partial charge in [-0.05, 0) is 24.8 Å². The van der Waals surface area contributed by atoms with E-state index in [1.165, 1.54) is 43.4 Å². The average Bonchev–Trinajstić information content (AvgIpc) is 2.72. The van der Waals surface area contributed by atoms with Crippen LogP contribution in [0.5, 0.6) is 0 Å². The predicted octanol–water partition coefficient (Wildman–Crippen LogP) is 3.22. The van der Waals surface area contributed by atoms with Gasteiger partial charge in [0.25, 0.3) is 0 Å². The number of anilines is 2. The summed E-state index contributed by atoms with van der Waals surface area (Å²) in [6, 6.07) is 4.06. The molecular formula is C13H19N3S. The SMILES string of the molecule is CN(CC1CCCCC1)c1cc(N)c(C#N)s1. The number of hydrogen-bond donors (Lipinski definition) is 1. The van der Waals surface area contributed by atoms with Gasteiger partial charge < -0.3 is 10.6 Å². The Morgan fingerprint density at radius 1 is 1.47 bits per heavy atom. The minimum Gasteiger partial charge on any atom is -0.397 e. The summed E-state index contributed by atoms with van der Waals surface area (Å²) in [4.78, 5) is 2.88. The third kappa shape index (κ3) is 2.92. The van der Waals surface area contributed by atoms with Crippen LogP contribution in [0.4, 0.5) is 10.7 Å². The standard InChI is InChI=1S/C13H19N3S/c1-16(9-10-5-3-2-4-6-10)13-7-11(15)12(8-14)17-13/h7,10H,2-6,9,15H2,1H3. The Morgan fingerprint density at radius 2 is 2.18 bits per heavy atom. The summed E-state index contributed by atoms with van der Waals surface area (Å²) in [5.74, 6) is 0.808. The van der Waals surface area contributed by atoms with Crippen LogP contribution in [0.2, 0.25) is 0 Å². The Kier molecular flexibility index (Phi) is 3.90. The first-order valence-electron chi connectivity index (χ1n) is 6.21. The summed E-state index contributed by atoms with van der Waals surface area (Å²) in [7, 11) is 2.10. The molecule has 1 saturated carbocycles. The Bertz CT molecular complexity index is 413. The first-order chi connectivity index (χ1) is 8.20. The number of nitriles is 1. The molecule has 4 heteroatoms. The van der Waals surface area contributed by atoms with Gasteiger partial charge in [-0.25, -0.2) is 0 Å². The first kappa shape index (κ1) is 12.3. The van der Waals surface area contributed by atoms with E-state index >= 15 is 0 Å². The van der Waals surface area contributed by atoms with Gasteiger partial charge in [-0.2, -0.15) is 5.26 Å². The Morgan fingerprint density at radius 3 is 2.76 bits per heavy atom. The van der Waals surface area contributed by atoms with Crippen LogP contribution in [-0.4, -0.2) is 13.6 Å². The molecule has 0 bridgehead atoms. The highest BCUT2D eigenvalue weighted by molar-refractivity contribution is 7.17. The molecule has 92 valence electrons. The molecule has 0 radical (unpaired) electrons. The second-order valence-electron chi connectivity index (χ2n) is 4.87. The molecule has 0 amide bonds. The first-order valence-corrected chi connectivity index (χ1v) is 7.03. The number of nitrogen functional groups attached to an aromatic ring is 1. The molecule has 0 aliphatic heterocycles. The van der Waals surface area contributed by atoms with E-state index in [4.69, 9.17) is 11.0 Å². The van der Waals surface area contributed by atoms with Gasteiger partial charge in [0.05, 0.1) is 10.7 Å². The third-order valence-electron chi connectivity index (χ3n) is 3.48. The maximum absolute atomic E-state index is 8.90. The van der Waals surface area contributed by atoms with Crippen LogP contribution in [0.3, 0.4) is 0 Å². The summed E-state index contributed by atoms with van der Waals surface area (Å²) < 4.78 is 0. The Hall–Kier alpha value is -1.21. The molecule has 2 N–H and O–H groups in total. The molecule has 1 fully saturated rings. The van der Waals surface area contributed by atoms with Crippen LogP contribution >= 0.6 is 11.3 Å². The quantitative estimate of drug-likeness (QED) is 0.895. The van der Waals surface area contributed by atoms with Gasteiger partial charge in [0, 0.05) is 13.6 Å². The fourth-order valence-electron chi connectivity index (χ4n) is 2.51. The van der Waals surface area contributed by atoms with Gasteiger partial charge in [-0.3, -0.25) is 0 Å². The summed E-state index contributed by atoms with van der Waals surface area (Å²) >= 11 is 1.50. The lowest BCUT2D eigenvalue weighted by molar-refractivity contribution is 0.362. The minimum absolute atomic E-state index is 0.614. The lowest BCUT2D eigenvalue weighted by atomic mass is 9.89. The van der Waals surface area contributed by atoms with Crippen LogP contribution < -0.4 is 10.6 Å². The third-order valence-corrected chi connectivity index (χ3v) is 4.65. The molecule has 1 aromatic heterocycles. The highest BCUT2D eigenvalue weighted by Gasteiger charge is 2.17. The van der Waals surface area contributed by atoms with Crippen molar-refractivity contribution >= 4 is 22.0 Å². The van der Waals surface area contributed by atoms with Crippen LogP contribution in [0.25, 0.3) is 0 Å². The van der Waals surface area contributed by atoms with Gasteiger partial charge in [0.15, 0.2) is 0 Å². The summed E-state index contributed by atoms with van der Waals surface area (Å²) in [5, 5.41) is 10.0. The molecule has 0 saturated heterocycles. The number of rotatable bonds is 3. The summed E-state index contributed by atoms with van der Waals surface area (Å²) in [6.45, 7) is 1.09. The van der Waals surface area contributed by atoms with Crippen molar-refractivity contribution < 1.29 is 0 Å². The molecule has 0 spiro atoms. The van der Waals surface area contributed by atoms with Gasteiger partial charge in [0.2, 0.25) is 0 Å². The monoisotopic (exact) mass is 249 g/mol. The Labute approximate surface area is 107 Å². The fraction of sp³-hybridized carbons (Fsp3) is 0.615. The second kappa shape index (κ2) is 5.42. The highest BCUT2D eigenvalue weighted by atomic mass is 32.1. The average molecular weight is 249 g/mol. The summed E-state index contributed by atoms with van der Waals surface area (Å²) in [5.41, 5.74) is 6.40. The molecule has 1 aromatic rings. The highest BCUT2D eigenvalue weighted by Crippen LogP contribution is 2.32. The van der Waals surface area contributed by atoms with E-state index < -0.39 is 0 Å². The van der Waals surface area contributed by atoms with Gasteiger partial charge in [-0.15, -0.1) is 11.3 Å². The zero-order valence-electron chi connectivity index (χ0n) is 10.3. The van der Waals surface area contributed by atoms with Crippen molar-refractivity contribution in [1.29, 1.82) is 5.26 Å². The topological polar surface area (TPSA) is 53.0 Å². The van der Waals surface area contributed by atoms with Crippen LogP contribution in [-0.2, 0) is 0 Å². The van der Waals surface area contributed by atoms with Gasteiger partial charge in [-0.1, -0.05) is 19.3 Å². The number of nitrogens with two attached hydrogens (primary N) is 1. The van der Waals surface area contributed by atoms with E-state index in [2.05, 4.69) is 18.0 Å². The number of nitrogens with zero attached hydrogens (tertiary/aromatic N) is 2. The lowest BCUT2D eigenvalue weighted by Gasteiger charge is -2.27. The van der Waals surface area contributed by atoms with Gasteiger partial charge >= 0.3 is 0 Å². The lowest BCUT2D eigenvalue weighted by Crippen LogP contribution is -2.26. The smallest absolute Gasteiger partial charge is 0.129 e. The number of thiophene rings is 1. The molecule has 1 aliphatic rings.